The highest BCUT2D eigenvalue weighted by molar-refractivity contribution is 6.30. The maximum Gasteiger partial charge on any atom is 0.259 e. The van der Waals surface area contributed by atoms with E-state index in [0.29, 0.717) is 40.9 Å². The molecule has 1 heterocycles. The van der Waals surface area contributed by atoms with E-state index >= 15 is 0 Å². The van der Waals surface area contributed by atoms with Gasteiger partial charge in [0.2, 0.25) is 5.91 Å². The molecule has 0 aliphatic heterocycles. The van der Waals surface area contributed by atoms with E-state index in [-0.39, 0.29) is 11.5 Å². The molecule has 184 valence electrons. The first-order valence-corrected chi connectivity index (χ1v) is 10.7. The third-order valence-corrected chi connectivity index (χ3v) is 3.94. The van der Waals surface area contributed by atoms with Crippen LogP contribution < -0.4 is 21.1 Å². The van der Waals surface area contributed by atoms with E-state index in [1.165, 1.54) is 31.5 Å². The van der Waals surface area contributed by atoms with Crippen molar-refractivity contribution in [3.05, 3.63) is 71.7 Å². The number of carbonyl (C=O) groups is 2. The first-order chi connectivity index (χ1) is 16.3. The van der Waals surface area contributed by atoms with Gasteiger partial charge >= 0.3 is 0 Å². The lowest BCUT2D eigenvalue weighted by molar-refractivity contribution is -0.111. The van der Waals surface area contributed by atoms with Crippen LogP contribution in [0.15, 0.2) is 66.1 Å². The zero-order chi connectivity index (χ0) is 25.9. The highest BCUT2D eigenvalue weighted by Crippen LogP contribution is 2.23. The molecule has 0 spiro atoms. The third-order valence-electron chi connectivity index (χ3n) is 3.72. The van der Waals surface area contributed by atoms with Crippen molar-refractivity contribution in [2.75, 3.05) is 24.8 Å². The fourth-order valence-electron chi connectivity index (χ4n) is 2.16. The van der Waals surface area contributed by atoms with Gasteiger partial charge in [-0.1, -0.05) is 31.5 Å². The molecular formula is C24H31ClFN5O3. The number of ether oxygens (including phenoxy) is 1. The number of nitrogens with two attached hydrogens (primary N) is 1. The summed E-state index contributed by atoms with van der Waals surface area (Å²) in [6.07, 6.45) is 6.56. The number of methoxy groups -OCH3 is 1. The average Bonchev–Trinajstić information content (AvgIpc) is 2.85. The number of nitrogens with zero attached hydrogens (tertiary/aromatic N) is 2. The van der Waals surface area contributed by atoms with Gasteiger partial charge in [-0.15, -0.1) is 0 Å². The standard InChI is InChI=1S/C17H16ClN3O3.C5H9FN2.C2H6/c1-3-4-16(22)20-14-7-6-12(24-2)9-13(14)17(23)21-15-8-5-11(18)10-19-15;1-8-5(7)3-2-4-6;1-2/h3-10H,1-2H3,(H,20,22)(H,19,21,23);2,4H,3H2,1H3,(H2,7,8);1-2H3/b4-3+;4-2+;. The second kappa shape index (κ2) is 17.8. The number of aliphatic imine (C=N–C) groups is 1. The number of anilines is 2. The van der Waals surface area contributed by atoms with Crippen LogP contribution in [0.5, 0.6) is 5.75 Å². The lowest BCUT2D eigenvalue weighted by Gasteiger charge is -2.12. The van der Waals surface area contributed by atoms with Gasteiger partial charge in [-0.05, 0) is 49.4 Å². The Morgan fingerprint density at radius 3 is 2.47 bits per heavy atom. The van der Waals surface area contributed by atoms with E-state index in [1.54, 1.807) is 44.3 Å². The Bertz CT molecular complexity index is 993. The van der Waals surface area contributed by atoms with Crippen LogP contribution in [0.4, 0.5) is 15.9 Å². The summed E-state index contributed by atoms with van der Waals surface area (Å²) in [6.45, 7) is 5.73. The van der Waals surface area contributed by atoms with Crippen LogP contribution in [0.1, 0.15) is 37.6 Å². The molecule has 2 rings (SSSR count). The van der Waals surface area contributed by atoms with Crippen molar-refractivity contribution in [2.45, 2.75) is 27.2 Å². The number of allylic oxidation sites excluding steroid dienone is 1. The Morgan fingerprint density at radius 1 is 1.24 bits per heavy atom. The molecule has 4 N–H and O–H groups in total. The van der Waals surface area contributed by atoms with E-state index < -0.39 is 5.91 Å². The molecule has 0 fully saturated rings. The number of carbonyl (C=O) groups excluding carboxylic acids is 2. The van der Waals surface area contributed by atoms with Crippen LogP contribution in [0, 0.1) is 0 Å². The number of amidine groups is 1. The molecule has 1 aromatic heterocycles. The maximum absolute atomic E-state index is 12.5. The van der Waals surface area contributed by atoms with Gasteiger partial charge in [-0.25, -0.2) is 9.37 Å². The number of aromatic nitrogens is 1. The highest BCUT2D eigenvalue weighted by Gasteiger charge is 2.15. The molecule has 8 nitrogen and oxygen atoms in total. The fourth-order valence-corrected chi connectivity index (χ4v) is 2.27. The molecule has 0 radical (unpaired) electrons. The minimum atomic E-state index is -0.431. The lowest BCUT2D eigenvalue weighted by Crippen LogP contribution is -2.17. The van der Waals surface area contributed by atoms with Crippen molar-refractivity contribution in [3.8, 4) is 5.75 Å². The fraction of sp³-hybridized carbons (Fsp3) is 0.250. The summed E-state index contributed by atoms with van der Waals surface area (Å²) in [5, 5.41) is 5.77. The number of hydrogen-bond donors (Lipinski definition) is 3. The number of halogens is 2. The van der Waals surface area contributed by atoms with Crippen LogP contribution in [0.3, 0.4) is 0 Å². The summed E-state index contributed by atoms with van der Waals surface area (Å²) in [5.41, 5.74) is 5.81. The zero-order valence-electron chi connectivity index (χ0n) is 19.9. The first kappa shape index (κ1) is 30.3. The Hall–Kier alpha value is -3.72. The van der Waals surface area contributed by atoms with E-state index in [0.717, 1.165) is 0 Å². The molecule has 0 aliphatic carbocycles. The number of rotatable bonds is 7. The second-order valence-electron chi connectivity index (χ2n) is 6.00. The molecule has 10 heteroatoms. The zero-order valence-corrected chi connectivity index (χ0v) is 20.7. The van der Waals surface area contributed by atoms with Gasteiger partial charge < -0.3 is 21.1 Å². The van der Waals surface area contributed by atoms with Crippen molar-refractivity contribution >= 4 is 40.8 Å². The van der Waals surface area contributed by atoms with Gasteiger partial charge in [-0.3, -0.25) is 14.6 Å². The largest absolute Gasteiger partial charge is 0.497 e. The molecule has 2 amide bonds. The van der Waals surface area contributed by atoms with Crippen molar-refractivity contribution in [3.63, 3.8) is 0 Å². The minimum absolute atomic E-state index is 0.254. The predicted molar refractivity (Wildman–Crippen MR) is 137 cm³/mol. The van der Waals surface area contributed by atoms with Gasteiger partial charge in [0.1, 0.15) is 11.6 Å². The van der Waals surface area contributed by atoms with Crippen molar-refractivity contribution in [1.29, 1.82) is 0 Å². The van der Waals surface area contributed by atoms with Gasteiger partial charge in [0.25, 0.3) is 5.91 Å². The number of pyridine rings is 1. The van der Waals surface area contributed by atoms with Crippen LogP contribution >= 0.6 is 11.6 Å². The SMILES string of the molecule is C/C=C/C(=O)Nc1ccc(OC)cc1C(=O)Nc1ccc(Cl)cn1.CC.CN=C(N)C/C=C/F. The van der Waals surface area contributed by atoms with Crippen molar-refractivity contribution in [2.24, 2.45) is 10.7 Å². The maximum atomic E-state index is 12.5. The summed E-state index contributed by atoms with van der Waals surface area (Å²) in [4.78, 5) is 31.9. The molecule has 0 bridgehead atoms. The summed E-state index contributed by atoms with van der Waals surface area (Å²) >= 11 is 5.77. The quantitative estimate of drug-likeness (QED) is 0.273. The van der Waals surface area contributed by atoms with Gasteiger partial charge in [0.05, 0.1) is 35.5 Å². The number of hydrogen-bond acceptors (Lipinski definition) is 5. The average molecular weight is 492 g/mol. The number of benzene rings is 1. The summed E-state index contributed by atoms with van der Waals surface area (Å²) in [7, 11) is 3.07. The topological polar surface area (TPSA) is 119 Å². The van der Waals surface area contributed by atoms with Crippen LogP contribution in [0.25, 0.3) is 0 Å². The van der Waals surface area contributed by atoms with E-state index in [1.807, 2.05) is 13.8 Å². The molecule has 1 aromatic carbocycles. The van der Waals surface area contributed by atoms with Crippen LogP contribution in [-0.4, -0.2) is 36.8 Å². The summed E-state index contributed by atoms with van der Waals surface area (Å²) < 4.78 is 16.3. The molecule has 2 aromatic rings. The van der Waals surface area contributed by atoms with Gasteiger partial charge in [0.15, 0.2) is 0 Å². The molecule has 0 atom stereocenters. The molecule has 0 saturated heterocycles. The molecular weight excluding hydrogens is 461 g/mol. The molecule has 34 heavy (non-hydrogen) atoms. The third kappa shape index (κ3) is 11.8. The molecule has 0 aliphatic rings. The lowest BCUT2D eigenvalue weighted by atomic mass is 10.1. The molecule has 0 unspecified atom stereocenters. The van der Waals surface area contributed by atoms with E-state index in [4.69, 9.17) is 22.1 Å². The number of nitrogens with one attached hydrogen (secondary N) is 2. The Morgan fingerprint density at radius 2 is 1.94 bits per heavy atom. The minimum Gasteiger partial charge on any atom is -0.497 e. The van der Waals surface area contributed by atoms with E-state index in [9.17, 15) is 14.0 Å². The van der Waals surface area contributed by atoms with E-state index in [2.05, 4.69) is 20.6 Å². The van der Waals surface area contributed by atoms with Crippen molar-refractivity contribution < 1.29 is 18.7 Å². The predicted octanol–water partition coefficient (Wildman–Crippen LogP) is 5.38. The Labute approximate surface area is 204 Å². The van der Waals surface area contributed by atoms with Crippen LogP contribution in [0.2, 0.25) is 5.02 Å². The monoisotopic (exact) mass is 491 g/mol. The van der Waals surface area contributed by atoms with Crippen LogP contribution in [-0.2, 0) is 4.79 Å². The smallest absolute Gasteiger partial charge is 0.259 e. The van der Waals surface area contributed by atoms with Gasteiger partial charge in [0, 0.05) is 19.7 Å². The summed E-state index contributed by atoms with van der Waals surface area (Å²) in [5.74, 6) is 0.519. The van der Waals surface area contributed by atoms with Gasteiger partial charge in [-0.2, -0.15) is 0 Å². The normalized spacial score (nSPS) is 10.6. The Balaban J connectivity index is 0.000000924. The summed E-state index contributed by atoms with van der Waals surface area (Å²) in [6, 6.07) is 7.99. The first-order valence-electron chi connectivity index (χ1n) is 10.4. The highest BCUT2D eigenvalue weighted by atomic mass is 35.5. The second-order valence-corrected chi connectivity index (χ2v) is 6.43. The number of amides is 2. The Kier molecular flexibility index (Phi) is 15.8. The van der Waals surface area contributed by atoms with Crippen molar-refractivity contribution in [1.82, 2.24) is 4.98 Å². The molecule has 0 saturated carbocycles.